The smallest absolute Gasteiger partial charge is 0.341 e. The van der Waals surface area contributed by atoms with E-state index in [0.29, 0.717) is 18.2 Å². The lowest BCUT2D eigenvalue weighted by Crippen LogP contribution is -2.36. The first kappa shape index (κ1) is 15.2. The maximum absolute atomic E-state index is 11.7. The van der Waals surface area contributed by atoms with Gasteiger partial charge in [-0.05, 0) is 37.8 Å². The van der Waals surface area contributed by atoms with Crippen molar-refractivity contribution < 1.29 is 9.53 Å². The van der Waals surface area contributed by atoms with Crippen molar-refractivity contribution in [1.82, 2.24) is 14.7 Å². The molecule has 0 bridgehead atoms. The van der Waals surface area contributed by atoms with Crippen LogP contribution in [-0.2, 0) is 11.3 Å². The lowest BCUT2D eigenvalue weighted by atomic mass is 10.1. The minimum atomic E-state index is -0.292. The molecule has 3 rings (SSSR count). The average molecular weight is 319 g/mol. The van der Waals surface area contributed by atoms with E-state index in [1.165, 1.54) is 4.88 Å². The molecule has 0 aliphatic carbocycles. The second-order valence-electron chi connectivity index (χ2n) is 5.54. The fourth-order valence-corrected chi connectivity index (χ4v) is 3.62. The molecule has 0 unspecified atom stereocenters. The summed E-state index contributed by atoms with van der Waals surface area (Å²) in [5, 5.41) is 6.49. The number of esters is 1. The summed E-state index contributed by atoms with van der Waals surface area (Å²) in [6.07, 6.45) is 5.68. The highest BCUT2D eigenvalue weighted by molar-refractivity contribution is 7.09. The second kappa shape index (κ2) is 7.07. The van der Waals surface area contributed by atoms with Crippen molar-refractivity contribution in [2.24, 2.45) is 0 Å². The van der Waals surface area contributed by atoms with Crippen molar-refractivity contribution in [1.29, 1.82) is 0 Å². The fraction of sp³-hybridized carbons (Fsp3) is 0.500. The second-order valence-corrected chi connectivity index (χ2v) is 6.57. The summed E-state index contributed by atoms with van der Waals surface area (Å²) in [6.45, 7) is 5.30. The molecular formula is C16H21N3O2S. The molecule has 1 saturated heterocycles. The van der Waals surface area contributed by atoms with Gasteiger partial charge in [0, 0.05) is 24.2 Å². The van der Waals surface area contributed by atoms with Crippen LogP contribution in [0.1, 0.15) is 41.0 Å². The predicted octanol–water partition coefficient (Wildman–Crippen LogP) is 2.96. The number of likely N-dealkylation sites (tertiary alicyclic amines) is 1. The molecule has 1 aliphatic rings. The highest BCUT2D eigenvalue weighted by atomic mass is 32.1. The van der Waals surface area contributed by atoms with Gasteiger partial charge in [-0.2, -0.15) is 5.10 Å². The normalized spacial score (nSPS) is 19.2. The maximum Gasteiger partial charge on any atom is 0.341 e. The Kier molecular flexibility index (Phi) is 4.90. The molecular weight excluding hydrogens is 298 g/mol. The molecule has 3 heterocycles. The zero-order valence-electron chi connectivity index (χ0n) is 12.8. The fourth-order valence-electron chi connectivity index (χ4n) is 2.87. The Bertz CT molecular complexity index is 609. The topological polar surface area (TPSA) is 47.4 Å². The molecule has 2 aromatic rings. The number of aromatic nitrogens is 2. The first-order valence-electron chi connectivity index (χ1n) is 7.72. The minimum absolute atomic E-state index is 0.292. The zero-order valence-corrected chi connectivity index (χ0v) is 13.6. The Hall–Kier alpha value is -1.66. The van der Waals surface area contributed by atoms with E-state index in [2.05, 4.69) is 27.5 Å². The molecule has 0 spiro atoms. The Morgan fingerprint density at radius 3 is 3.23 bits per heavy atom. The third-order valence-corrected chi connectivity index (χ3v) is 4.79. The molecule has 6 heteroatoms. The lowest BCUT2D eigenvalue weighted by molar-refractivity contribution is 0.0526. The first-order valence-corrected chi connectivity index (χ1v) is 8.60. The number of hydrogen-bond acceptors (Lipinski definition) is 5. The van der Waals surface area contributed by atoms with Crippen molar-refractivity contribution in [2.75, 3.05) is 19.7 Å². The number of carbonyl (C=O) groups excluding carboxylic acids is 1. The van der Waals surface area contributed by atoms with E-state index < -0.39 is 0 Å². The average Bonchev–Trinajstić information content (AvgIpc) is 3.19. The summed E-state index contributed by atoms with van der Waals surface area (Å²) in [5.41, 5.74) is 0.539. The van der Waals surface area contributed by atoms with E-state index in [4.69, 9.17) is 4.74 Å². The van der Waals surface area contributed by atoms with Gasteiger partial charge in [0.25, 0.3) is 0 Å². The first-order chi connectivity index (χ1) is 10.8. The molecule has 1 atom stereocenters. The van der Waals surface area contributed by atoms with E-state index in [0.717, 1.165) is 32.5 Å². The molecule has 22 heavy (non-hydrogen) atoms. The Morgan fingerprint density at radius 1 is 1.55 bits per heavy atom. The predicted molar refractivity (Wildman–Crippen MR) is 86.1 cm³/mol. The van der Waals surface area contributed by atoms with Crippen molar-refractivity contribution in [3.05, 3.63) is 40.3 Å². The Balaban J connectivity index is 1.63. The van der Waals surface area contributed by atoms with Crippen molar-refractivity contribution in [3.63, 3.8) is 0 Å². The highest BCUT2D eigenvalue weighted by Crippen LogP contribution is 2.23. The van der Waals surface area contributed by atoms with Gasteiger partial charge in [0.15, 0.2) is 0 Å². The number of piperidine rings is 1. The highest BCUT2D eigenvalue weighted by Gasteiger charge is 2.23. The van der Waals surface area contributed by atoms with Crippen LogP contribution in [0.4, 0.5) is 0 Å². The molecule has 0 aromatic carbocycles. The van der Waals surface area contributed by atoms with Gasteiger partial charge in [0.1, 0.15) is 0 Å². The zero-order chi connectivity index (χ0) is 15.4. The number of rotatable bonds is 5. The number of ether oxygens (including phenoxy) is 1. The van der Waals surface area contributed by atoms with Gasteiger partial charge in [0.05, 0.1) is 24.4 Å². The molecule has 118 valence electrons. The van der Waals surface area contributed by atoms with Crippen molar-refractivity contribution in [2.45, 2.75) is 32.4 Å². The molecule has 2 aromatic heterocycles. The van der Waals surface area contributed by atoms with Gasteiger partial charge >= 0.3 is 5.97 Å². The maximum atomic E-state index is 11.7. The van der Waals surface area contributed by atoms with Crippen LogP contribution in [0.5, 0.6) is 0 Å². The van der Waals surface area contributed by atoms with Crippen molar-refractivity contribution >= 4 is 17.3 Å². The monoisotopic (exact) mass is 319 g/mol. The van der Waals surface area contributed by atoms with Crippen LogP contribution < -0.4 is 0 Å². The quantitative estimate of drug-likeness (QED) is 0.795. The van der Waals surface area contributed by atoms with E-state index in [1.54, 1.807) is 17.5 Å². The van der Waals surface area contributed by atoms with Crippen LogP contribution in [0.25, 0.3) is 0 Å². The SMILES string of the molecule is CCOC(=O)c1cnn([C@@H]2CCCN(Cc3cccs3)C2)c1. The Labute approximate surface area is 134 Å². The van der Waals surface area contributed by atoms with Crippen LogP contribution in [-0.4, -0.2) is 40.3 Å². The summed E-state index contributed by atoms with van der Waals surface area (Å²) < 4.78 is 6.94. The largest absolute Gasteiger partial charge is 0.462 e. The van der Waals surface area contributed by atoms with Gasteiger partial charge in [-0.1, -0.05) is 6.07 Å². The molecule has 5 nitrogen and oxygen atoms in total. The van der Waals surface area contributed by atoms with E-state index in [-0.39, 0.29) is 5.97 Å². The third kappa shape index (κ3) is 3.56. The van der Waals surface area contributed by atoms with Gasteiger partial charge in [-0.15, -0.1) is 11.3 Å². The summed E-state index contributed by atoms with van der Waals surface area (Å²) in [5.74, 6) is -0.292. The van der Waals surface area contributed by atoms with E-state index in [1.807, 2.05) is 17.8 Å². The molecule has 0 N–H and O–H groups in total. The van der Waals surface area contributed by atoms with Crippen LogP contribution in [0.3, 0.4) is 0 Å². The van der Waals surface area contributed by atoms with Gasteiger partial charge < -0.3 is 4.74 Å². The minimum Gasteiger partial charge on any atom is -0.462 e. The summed E-state index contributed by atoms with van der Waals surface area (Å²) >= 11 is 1.80. The van der Waals surface area contributed by atoms with E-state index >= 15 is 0 Å². The molecule has 1 aliphatic heterocycles. The van der Waals surface area contributed by atoms with E-state index in [9.17, 15) is 4.79 Å². The third-order valence-electron chi connectivity index (χ3n) is 3.93. The number of carbonyl (C=O) groups is 1. The lowest BCUT2D eigenvalue weighted by Gasteiger charge is -2.32. The summed E-state index contributed by atoms with van der Waals surface area (Å²) in [7, 11) is 0. The van der Waals surface area contributed by atoms with Crippen LogP contribution in [0, 0.1) is 0 Å². The van der Waals surface area contributed by atoms with Crippen LogP contribution >= 0.6 is 11.3 Å². The Morgan fingerprint density at radius 2 is 2.45 bits per heavy atom. The van der Waals surface area contributed by atoms with Gasteiger partial charge in [0.2, 0.25) is 0 Å². The molecule has 1 fully saturated rings. The van der Waals surface area contributed by atoms with Crippen LogP contribution in [0.15, 0.2) is 29.9 Å². The molecule has 0 radical (unpaired) electrons. The number of hydrogen-bond donors (Lipinski definition) is 0. The summed E-state index contributed by atoms with van der Waals surface area (Å²) in [6, 6.07) is 4.61. The molecule has 0 saturated carbocycles. The van der Waals surface area contributed by atoms with Gasteiger partial charge in [-0.3, -0.25) is 9.58 Å². The standard InChI is InChI=1S/C16H21N3O2S/c1-2-21-16(20)13-9-17-19(10-13)14-5-3-7-18(11-14)12-15-6-4-8-22-15/h4,6,8-10,14H,2-3,5,7,11-12H2,1H3/t14-/m1/s1. The molecule has 0 amide bonds. The van der Waals surface area contributed by atoms with Gasteiger partial charge in [-0.25, -0.2) is 4.79 Å². The summed E-state index contributed by atoms with van der Waals surface area (Å²) in [4.78, 5) is 15.6. The number of thiophene rings is 1. The van der Waals surface area contributed by atoms with Crippen LogP contribution in [0.2, 0.25) is 0 Å². The van der Waals surface area contributed by atoms with Crippen molar-refractivity contribution in [3.8, 4) is 0 Å². The number of nitrogens with zero attached hydrogens (tertiary/aromatic N) is 3.